The topological polar surface area (TPSA) is 60.9 Å². The molecule has 124 valence electrons. The molecule has 1 aromatic carbocycles. The zero-order valence-electron chi connectivity index (χ0n) is 13.8. The zero-order chi connectivity index (χ0) is 17.0. The van der Waals surface area contributed by atoms with Crippen LogP contribution in [0.15, 0.2) is 42.6 Å². The molecule has 1 fully saturated rings. The van der Waals surface area contributed by atoms with E-state index in [2.05, 4.69) is 0 Å². The number of carbonyl (C=O) groups excluding carboxylic acids is 1. The third-order valence-corrected chi connectivity index (χ3v) is 4.48. The van der Waals surface area contributed by atoms with Crippen LogP contribution < -0.4 is 0 Å². The number of nitrogens with zero attached hydrogens (tertiary/aromatic N) is 2. The number of carbonyl (C=O) groups is 2. The molecular formula is C18H24N2O3. The molecule has 1 amide bonds. The van der Waals surface area contributed by atoms with Crippen LogP contribution in [0.3, 0.4) is 0 Å². The molecule has 1 aliphatic rings. The highest BCUT2D eigenvalue weighted by atomic mass is 16.4. The largest absolute Gasteiger partial charge is 0.480 e. The van der Waals surface area contributed by atoms with Gasteiger partial charge < -0.3 is 14.9 Å². The van der Waals surface area contributed by atoms with Gasteiger partial charge in [-0.05, 0) is 25.6 Å². The minimum atomic E-state index is -0.935. The number of aliphatic carboxylic acids is 1. The maximum Gasteiger partial charge on any atom is 0.326 e. The van der Waals surface area contributed by atoms with Gasteiger partial charge in [0.05, 0.1) is 5.92 Å². The monoisotopic (exact) mass is 316 g/mol. The fraction of sp³-hybridized carbons (Fsp3) is 0.444. The highest BCUT2D eigenvalue weighted by Crippen LogP contribution is 2.27. The predicted octanol–water partition coefficient (Wildman–Crippen LogP) is 2.31. The lowest BCUT2D eigenvalue weighted by atomic mass is 9.99. The maximum atomic E-state index is 12.8. The fourth-order valence-electron chi connectivity index (χ4n) is 3.08. The van der Waals surface area contributed by atoms with Gasteiger partial charge in [-0.15, -0.1) is 0 Å². The summed E-state index contributed by atoms with van der Waals surface area (Å²) < 4.78 is 0. The van der Waals surface area contributed by atoms with Crippen molar-refractivity contribution >= 4 is 11.9 Å². The van der Waals surface area contributed by atoms with Crippen molar-refractivity contribution in [3.63, 3.8) is 0 Å². The number of carboxylic acids is 1. The van der Waals surface area contributed by atoms with Crippen LogP contribution >= 0.6 is 0 Å². The van der Waals surface area contributed by atoms with Crippen molar-refractivity contribution in [3.8, 4) is 0 Å². The molecule has 1 aliphatic heterocycles. The third kappa shape index (κ3) is 3.73. The van der Waals surface area contributed by atoms with Gasteiger partial charge in [0.2, 0.25) is 5.91 Å². The summed E-state index contributed by atoms with van der Waals surface area (Å²) in [7, 11) is 1.91. The molecule has 2 unspecified atom stereocenters. The molecule has 5 nitrogen and oxygen atoms in total. The van der Waals surface area contributed by atoms with Gasteiger partial charge in [-0.3, -0.25) is 4.79 Å². The quantitative estimate of drug-likeness (QED) is 0.905. The Morgan fingerprint density at radius 2 is 2.00 bits per heavy atom. The smallest absolute Gasteiger partial charge is 0.326 e. The Balaban J connectivity index is 2.18. The molecular weight excluding hydrogens is 292 g/mol. The molecule has 2 rings (SSSR count). The standard InChI is InChI=1S/C18H24N2O3/c1-4-10-19(3)15-11-16(18(22)23)20(12-15)17(21)13(2)14-8-6-5-7-9-14/h4-10,13,15-16H,11-12H2,1-3H3,(H,22,23)/b10-4-/t13?,15-,16?/m0/s1. The van der Waals surface area contributed by atoms with Crippen LogP contribution in [0, 0.1) is 0 Å². The number of likely N-dealkylation sites (tertiary alicyclic amines) is 1. The van der Waals surface area contributed by atoms with Gasteiger partial charge in [-0.25, -0.2) is 4.79 Å². The highest BCUT2D eigenvalue weighted by Gasteiger charge is 2.42. The second kappa shape index (κ2) is 7.31. The first-order chi connectivity index (χ1) is 11.0. The van der Waals surface area contributed by atoms with Crippen LogP contribution in [-0.4, -0.2) is 52.5 Å². The normalized spacial score (nSPS) is 22.3. The third-order valence-electron chi connectivity index (χ3n) is 4.48. The van der Waals surface area contributed by atoms with Gasteiger partial charge in [0.1, 0.15) is 6.04 Å². The Labute approximate surface area is 137 Å². The number of allylic oxidation sites excluding steroid dienone is 1. The first-order valence-electron chi connectivity index (χ1n) is 7.88. The fourth-order valence-corrected chi connectivity index (χ4v) is 3.08. The number of benzene rings is 1. The Bertz CT molecular complexity index is 585. The van der Waals surface area contributed by atoms with Crippen LogP contribution in [-0.2, 0) is 9.59 Å². The van der Waals surface area contributed by atoms with Gasteiger partial charge in [0.15, 0.2) is 0 Å². The SMILES string of the molecule is C/C=C\N(C)[C@H]1CC(C(=O)O)N(C(=O)C(C)c2ccccc2)C1. The van der Waals surface area contributed by atoms with Gasteiger partial charge >= 0.3 is 5.97 Å². The second-order valence-corrected chi connectivity index (χ2v) is 6.01. The zero-order valence-corrected chi connectivity index (χ0v) is 13.8. The van der Waals surface area contributed by atoms with E-state index in [1.165, 1.54) is 4.90 Å². The molecule has 0 radical (unpaired) electrons. The summed E-state index contributed by atoms with van der Waals surface area (Å²) >= 11 is 0. The van der Waals surface area contributed by atoms with Crippen LogP contribution in [0.2, 0.25) is 0 Å². The van der Waals surface area contributed by atoms with Crippen LogP contribution in [0.1, 0.15) is 31.7 Å². The van der Waals surface area contributed by atoms with Crippen LogP contribution in [0.4, 0.5) is 0 Å². The summed E-state index contributed by atoms with van der Waals surface area (Å²) in [6.07, 6.45) is 4.27. The molecule has 0 bridgehead atoms. The first-order valence-corrected chi connectivity index (χ1v) is 7.88. The number of likely N-dealkylation sites (N-methyl/N-ethyl adjacent to an activating group) is 1. The molecule has 0 saturated carbocycles. The van der Waals surface area contributed by atoms with E-state index in [4.69, 9.17) is 0 Å². The molecule has 1 N–H and O–H groups in total. The molecule has 5 heteroatoms. The van der Waals surface area contributed by atoms with E-state index in [1.807, 2.05) is 68.4 Å². The Morgan fingerprint density at radius 3 is 2.57 bits per heavy atom. The van der Waals surface area contributed by atoms with Crippen molar-refractivity contribution in [2.75, 3.05) is 13.6 Å². The lowest BCUT2D eigenvalue weighted by molar-refractivity contribution is -0.148. The van der Waals surface area contributed by atoms with Gasteiger partial charge in [0, 0.05) is 26.1 Å². The summed E-state index contributed by atoms with van der Waals surface area (Å²) in [5.74, 6) is -1.40. The molecule has 1 heterocycles. The van der Waals surface area contributed by atoms with Crippen molar-refractivity contribution in [1.82, 2.24) is 9.80 Å². The molecule has 1 aromatic rings. The molecule has 23 heavy (non-hydrogen) atoms. The summed E-state index contributed by atoms with van der Waals surface area (Å²) in [4.78, 5) is 27.9. The maximum absolute atomic E-state index is 12.8. The van der Waals surface area contributed by atoms with Crippen molar-refractivity contribution in [1.29, 1.82) is 0 Å². The lowest BCUT2D eigenvalue weighted by Gasteiger charge is -2.26. The van der Waals surface area contributed by atoms with E-state index in [0.29, 0.717) is 13.0 Å². The lowest BCUT2D eigenvalue weighted by Crippen LogP contribution is -2.42. The van der Waals surface area contributed by atoms with E-state index < -0.39 is 12.0 Å². The van der Waals surface area contributed by atoms with E-state index in [0.717, 1.165) is 5.56 Å². The number of carboxylic acid groups (broad SMARTS) is 1. The van der Waals surface area contributed by atoms with Gasteiger partial charge in [-0.2, -0.15) is 0 Å². The summed E-state index contributed by atoms with van der Waals surface area (Å²) in [5.41, 5.74) is 0.909. The summed E-state index contributed by atoms with van der Waals surface area (Å²) in [5, 5.41) is 9.48. The minimum Gasteiger partial charge on any atom is -0.480 e. The van der Waals surface area contributed by atoms with Gasteiger partial charge in [-0.1, -0.05) is 36.4 Å². The highest BCUT2D eigenvalue weighted by molar-refractivity contribution is 5.88. The Kier molecular flexibility index (Phi) is 5.42. The van der Waals surface area contributed by atoms with Crippen LogP contribution in [0.25, 0.3) is 0 Å². The summed E-state index contributed by atoms with van der Waals surface area (Å²) in [6, 6.07) is 8.75. The molecule has 0 aromatic heterocycles. The molecule has 3 atom stereocenters. The van der Waals surface area contributed by atoms with Crippen molar-refractivity contribution in [2.24, 2.45) is 0 Å². The van der Waals surface area contributed by atoms with E-state index in [9.17, 15) is 14.7 Å². The van der Waals surface area contributed by atoms with E-state index >= 15 is 0 Å². The summed E-state index contributed by atoms with van der Waals surface area (Å²) in [6.45, 7) is 4.19. The predicted molar refractivity (Wildman–Crippen MR) is 89.0 cm³/mol. The second-order valence-electron chi connectivity index (χ2n) is 6.01. The van der Waals surface area contributed by atoms with Crippen LogP contribution in [0.5, 0.6) is 0 Å². The number of hydrogen-bond donors (Lipinski definition) is 1. The van der Waals surface area contributed by atoms with E-state index in [1.54, 1.807) is 0 Å². The first kappa shape index (κ1) is 17.1. The van der Waals surface area contributed by atoms with Crippen molar-refractivity contribution < 1.29 is 14.7 Å². The Morgan fingerprint density at radius 1 is 1.35 bits per heavy atom. The van der Waals surface area contributed by atoms with E-state index in [-0.39, 0.29) is 17.9 Å². The molecule has 1 saturated heterocycles. The van der Waals surface area contributed by atoms with Crippen molar-refractivity contribution in [3.05, 3.63) is 48.2 Å². The number of amides is 1. The average Bonchev–Trinajstić information content (AvgIpc) is 3.00. The molecule has 0 aliphatic carbocycles. The molecule has 0 spiro atoms. The number of hydrogen-bond acceptors (Lipinski definition) is 3. The minimum absolute atomic E-state index is 0.0271. The van der Waals surface area contributed by atoms with Gasteiger partial charge in [0.25, 0.3) is 0 Å². The average molecular weight is 316 g/mol. The number of rotatable bonds is 5. The van der Waals surface area contributed by atoms with Crippen molar-refractivity contribution in [2.45, 2.75) is 38.3 Å². The Hall–Kier alpha value is -2.30.